The standard InChI is InChI=1S/C17H19BrN2O4S/c18-11-1-2-12-13(10-20(14(12)9-11)4-3-15(21)22)16(17(23)24)19-5-7-25-8-6-19/h1-2,9-10,16H,3-8H2,(H,21,22)(H,23,24)/t16-/m1/s1. The van der Waals surface area contributed by atoms with Crippen LogP contribution in [0.15, 0.2) is 28.9 Å². The Balaban J connectivity index is 2.06. The molecule has 1 aliphatic heterocycles. The van der Waals surface area contributed by atoms with Crippen LogP contribution in [0.5, 0.6) is 0 Å². The van der Waals surface area contributed by atoms with E-state index in [0.29, 0.717) is 6.54 Å². The molecule has 0 saturated carbocycles. The van der Waals surface area contributed by atoms with Crippen LogP contribution in [0.25, 0.3) is 10.9 Å². The number of carboxylic acids is 2. The minimum Gasteiger partial charge on any atom is -0.481 e. The first-order chi connectivity index (χ1) is 12.0. The molecule has 134 valence electrons. The molecular formula is C17H19BrN2O4S. The van der Waals surface area contributed by atoms with Crippen molar-refractivity contribution in [3.63, 3.8) is 0 Å². The van der Waals surface area contributed by atoms with E-state index in [1.807, 2.05) is 39.4 Å². The molecule has 8 heteroatoms. The topological polar surface area (TPSA) is 82.8 Å². The van der Waals surface area contributed by atoms with Crippen LogP contribution in [0, 0.1) is 0 Å². The molecule has 0 amide bonds. The third-order valence-corrected chi connectivity index (χ3v) is 5.82. The lowest BCUT2D eigenvalue weighted by atomic mass is 10.0. The average molecular weight is 427 g/mol. The number of aromatic nitrogens is 1. The normalized spacial score (nSPS) is 16.8. The molecule has 1 atom stereocenters. The van der Waals surface area contributed by atoms with E-state index in [2.05, 4.69) is 15.9 Å². The third-order valence-electron chi connectivity index (χ3n) is 4.38. The highest BCUT2D eigenvalue weighted by atomic mass is 79.9. The molecule has 1 aromatic heterocycles. The second kappa shape index (κ2) is 7.80. The van der Waals surface area contributed by atoms with Gasteiger partial charge in [0.2, 0.25) is 0 Å². The number of benzene rings is 1. The maximum Gasteiger partial charge on any atom is 0.325 e. The highest BCUT2D eigenvalue weighted by molar-refractivity contribution is 9.10. The number of hydrogen-bond donors (Lipinski definition) is 2. The molecule has 25 heavy (non-hydrogen) atoms. The predicted octanol–water partition coefficient (Wildman–Crippen LogP) is 3.05. The highest BCUT2D eigenvalue weighted by Gasteiger charge is 2.31. The van der Waals surface area contributed by atoms with Crippen LogP contribution in [0.4, 0.5) is 0 Å². The molecule has 1 aliphatic rings. The number of aliphatic carboxylic acids is 2. The number of carboxylic acid groups (broad SMARTS) is 2. The molecule has 0 radical (unpaired) electrons. The van der Waals surface area contributed by atoms with E-state index in [4.69, 9.17) is 5.11 Å². The van der Waals surface area contributed by atoms with Crippen molar-refractivity contribution in [1.82, 2.24) is 9.47 Å². The quantitative estimate of drug-likeness (QED) is 0.738. The van der Waals surface area contributed by atoms with Crippen molar-refractivity contribution < 1.29 is 19.8 Å². The second-order valence-electron chi connectivity index (χ2n) is 5.97. The number of aryl methyl sites for hydroxylation is 1. The Morgan fingerprint density at radius 1 is 1.24 bits per heavy atom. The second-order valence-corrected chi connectivity index (χ2v) is 8.11. The van der Waals surface area contributed by atoms with Crippen LogP contribution in [0.2, 0.25) is 0 Å². The van der Waals surface area contributed by atoms with Gasteiger partial charge in [0.05, 0.1) is 6.42 Å². The molecule has 2 aromatic rings. The zero-order valence-corrected chi connectivity index (χ0v) is 15.9. The molecule has 0 unspecified atom stereocenters. The van der Waals surface area contributed by atoms with Crippen LogP contribution < -0.4 is 0 Å². The molecule has 0 bridgehead atoms. The Morgan fingerprint density at radius 3 is 2.60 bits per heavy atom. The summed E-state index contributed by atoms with van der Waals surface area (Å²) in [5.41, 5.74) is 1.58. The van der Waals surface area contributed by atoms with E-state index in [0.717, 1.165) is 45.5 Å². The molecule has 2 heterocycles. The minimum atomic E-state index is -0.874. The SMILES string of the molecule is O=C(O)CCn1cc([C@H](C(=O)O)N2CCSCC2)c2ccc(Br)cc21. The van der Waals surface area contributed by atoms with E-state index < -0.39 is 18.0 Å². The van der Waals surface area contributed by atoms with Gasteiger partial charge in [-0.2, -0.15) is 11.8 Å². The number of fused-ring (bicyclic) bond motifs is 1. The highest BCUT2D eigenvalue weighted by Crippen LogP contribution is 2.33. The molecule has 1 aromatic carbocycles. The largest absolute Gasteiger partial charge is 0.481 e. The molecule has 2 N–H and O–H groups in total. The van der Waals surface area contributed by atoms with Crippen molar-refractivity contribution in [2.45, 2.75) is 19.0 Å². The van der Waals surface area contributed by atoms with Gasteiger partial charge < -0.3 is 14.8 Å². The summed E-state index contributed by atoms with van der Waals surface area (Å²) < 4.78 is 2.72. The van der Waals surface area contributed by atoms with Gasteiger partial charge in [-0.15, -0.1) is 0 Å². The number of halogens is 1. The van der Waals surface area contributed by atoms with Gasteiger partial charge in [-0.25, -0.2) is 0 Å². The summed E-state index contributed by atoms with van der Waals surface area (Å²) in [6, 6.07) is 4.99. The van der Waals surface area contributed by atoms with Crippen molar-refractivity contribution in [1.29, 1.82) is 0 Å². The molecule has 1 fully saturated rings. The Bertz CT molecular complexity index is 801. The smallest absolute Gasteiger partial charge is 0.325 e. The lowest BCUT2D eigenvalue weighted by Crippen LogP contribution is -2.39. The van der Waals surface area contributed by atoms with Crippen molar-refractivity contribution in [3.05, 3.63) is 34.4 Å². The van der Waals surface area contributed by atoms with Crippen LogP contribution in [0.1, 0.15) is 18.0 Å². The summed E-state index contributed by atoms with van der Waals surface area (Å²) in [5.74, 6) is 0.105. The molecule has 6 nitrogen and oxygen atoms in total. The van der Waals surface area contributed by atoms with Gasteiger partial charge in [0.25, 0.3) is 0 Å². The number of hydrogen-bond acceptors (Lipinski definition) is 4. The van der Waals surface area contributed by atoms with E-state index in [1.165, 1.54) is 0 Å². The van der Waals surface area contributed by atoms with Gasteiger partial charge in [0.1, 0.15) is 6.04 Å². The van der Waals surface area contributed by atoms with Crippen molar-refractivity contribution >= 4 is 50.5 Å². The van der Waals surface area contributed by atoms with Gasteiger partial charge >= 0.3 is 11.9 Å². The zero-order chi connectivity index (χ0) is 18.0. The van der Waals surface area contributed by atoms with Crippen molar-refractivity contribution in [2.24, 2.45) is 0 Å². The average Bonchev–Trinajstić information content (AvgIpc) is 2.91. The maximum absolute atomic E-state index is 12.0. The summed E-state index contributed by atoms with van der Waals surface area (Å²) >= 11 is 5.27. The summed E-state index contributed by atoms with van der Waals surface area (Å²) in [5, 5.41) is 19.7. The zero-order valence-electron chi connectivity index (χ0n) is 13.5. The van der Waals surface area contributed by atoms with Crippen molar-refractivity contribution in [3.8, 4) is 0 Å². The number of carbonyl (C=O) groups is 2. The van der Waals surface area contributed by atoms with E-state index in [9.17, 15) is 14.7 Å². The molecule has 3 rings (SSSR count). The van der Waals surface area contributed by atoms with Gasteiger partial charge in [-0.05, 0) is 12.1 Å². The van der Waals surface area contributed by atoms with Gasteiger partial charge in [-0.1, -0.05) is 22.0 Å². The predicted molar refractivity (Wildman–Crippen MR) is 101 cm³/mol. The third kappa shape index (κ3) is 4.02. The van der Waals surface area contributed by atoms with Crippen LogP contribution in [-0.2, 0) is 16.1 Å². The van der Waals surface area contributed by atoms with Crippen LogP contribution in [0.3, 0.4) is 0 Å². The number of nitrogens with zero attached hydrogens (tertiary/aromatic N) is 2. The first-order valence-electron chi connectivity index (χ1n) is 8.02. The Labute approximate surface area is 157 Å². The Morgan fingerprint density at radius 2 is 1.96 bits per heavy atom. The molecular weight excluding hydrogens is 408 g/mol. The lowest BCUT2D eigenvalue weighted by molar-refractivity contribution is -0.143. The fraction of sp³-hybridized carbons (Fsp3) is 0.412. The molecule has 1 saturated heterocycles. The van der Waals surface area contributed by atoms with Crippen molar-refractivity contribution in [2.75, 3.05) is 24.6 Å². The summed E-state index contributed by atoms with van der Waals surface area (Å²) in [6.45, 7) is 1.78. The fourth-order valence-corrected chi connectivity index (χ4v) is 4.51. The Kier molecular flexibility index (Phi) is 5.71. The van der Waals surface area contributed by atoms with Crippen LogP contribution in [-0.4, -0.2) is 56.2 Å². The summed E-state index contributed by atoms with van der Waals surface area (Å²) in [4.78, 5) is 25.0. The monoisotopic (exact) mass is 426 g/mol. The van der Waals surface area contributed by atoms with E-state index in [-0.39, 0.29) is 6.42 Å². The van der Waals surface area contributed by atoms with Crippen LogP contribution >= 0.6 is 27.7 Å². The lowest BCUT2D eigenvalue weighted by Gasteiger charge is -2.31. The summed E-state index contributed by atoms with van der Waals surface area (Å²) in [7, 11) is 0. The molecule has 0 spiro atoms. The molecule has 0 aliphatic carbocycles. The fourth-order valence-electron chi connectivity index (χ4n) is 3.23. The van der Waals surface area contributed by atoms with E-state index in [1.54, 1.807) is 6.20 Å². The van der Waals surface area contributed by atoms with E-state index >= 15 is 0 Å². The number of thioether (sulfide) groups is 1. The first-order valence-corrected chi connectivity index (χ1v) is 9.97. The first kappa shape index (κ1) is 18.3. The van der Waals surface area contributed by atoms with Gasteiger partial charge in [-0.3, -0.25) is 14.5 Å². The number of rotatable bonds is 6. The minimum absolute atomic E-state index is 0.00613. The maximum atomic E-state index is 12.0. The Hall–Kier alpha value is -1.51. The van der Waals surface area contributed by atoms with Gasteiger partial charge in [0.15, 0.2) is 0 Å². The van der Waals surface area contributed by atoms with Gasteiger partial charge in [0, 0.05) is 58.3 Å². The summed E-state index contributed by atoms with van der Waals surface area (Å²) in [6.07, 6.45) is 1.80.